The number of hydrogen-bond donors (Lipinski definition) is 1. The molecule has 0 fully saturated rings. The number of hydrogen-bond acceptors (Lipinski definition) is 3. The fraction of sp³-hybridized carbons (Fsp3) is 0.333. The smallest absolute Gasteiger partial charge is 0.243 e. The van der Waals surface area contributed by atoms with Gasteiger partial charge >= 0.3 is 0 Å². The van der Waals surface area contributed by atoms with E-state index < -0.39 is 6.04 Å². The minimum Gasteiger partial charge on any atom is -0.469 e. The zero-order valence-electron chi connectivity index (χ0n) is 13.3. The fourth-order valence-corrected chi connectivity index (χ4v) is 3.11. The Bertz CT molecular complexity index is 709. The number of anilines is 1. The van der Waals surface area contributed by atoms with E-state index in [-0.39, 0.29) is 17.9 Å². The Hall–Kier alpha value is -2.56. The van der Waals surface area contributed by atoms with Gasteiger partial charge in [-0.15, -0.1) is 0 Å². The van der Waals surface area contributed by atoms with Gasteiger partial charge in [0.1, 0.15) is 11.8 Å². The molecular formula is C18H20N2O3. The van der Waals surface area contributed by atoms with Crippen molar-refractivity contribution in [1.29, 1.82) is 0 Å². The van der Waals surface area contributed by atoms with Gasteiger partial charge in [0.05, 0.1) is 6.26 Å². The van der Waals surface area contributed by atoms with E-state index in [1.165, 1.54) is 6.92 Å². The van der Waals surface area contributed by atoms with Crippen LogP contribution in [0.4, 0.5) is 5.69 Å². The van der Waals surface area contributed by atoms with Crippen LogP contribution in [0.1, 0.15) is 25.2 Å². The normalized spacial score (nSPS) is 17.7. The standard InChI is InChI=1S/C18H20N2O3/c1-12(10-15-7-5-9-23-15)19-18(22)17-11-14-6-3-4-8-16(14)20(17)13(2)21/h3-9,12,17H,10-11H2,1-2H3,(H,19,22). The van der Waals surface area contributed by atoms with Gasteiger partial charge in [0.15, 0.2) is 0 Å². The summed E-state index contributed by atoms with van der Waals surface area (Å²) in [5.74, 6) is 0.583. The van der Waals surface area contributed by atoms with Gasteiger partial charge in [-0.3, -0.25) is 14.5 Å². The van der Waals surface area contributed by atoms with Gasteiger partial charge < -0.3 is 9.73 Å². The third-order valence-corrected chi connectivity index (χ3v) is 4.09. The molecule has 1 N–H and O–H groups in total. The number of furan rings is 1. The summed E-state index contributed by atoms with van der Waals surface area (Å²) >= 11 is 0. The molecule has 1 aliphatic rings. The monoisotopic (exact) mass is 312 g/mol. The van der Waals surface area contributed by atoms with Crippen LogP contribution in [0.15, 0.2) is 47.1 Å². The molecule has 5 heteroatoms. The first-order valence-corrected chi connectivity index (χ1v) is 7.76. The molecule has 0 spiro atoms. The second kappa shape index (κ2) is 6.28. The molecule has 0 saturated carbocycles. The molecule has 23 heavy (non-hydrogen) atoms. The van der Waals surface area contributed by atoms with Gasteiger partial charge in [0, 0.05) is 31.5 Å². The Kier molecular flexibility index (Phi) is 4.19. The summed E-state index contributed by atoms with van der Waals surface area (Å²) in [5, 5.41) is 2.99. The minimum absolute atomic E-state index is 0.0637. The number of carbonyl (C=O) groups is 2. The van der Waals surface area contributed by atoms with Crippen LogP contribution in [0.25, 0.3) is 0 Å². The average Bonchev–Trinajstić information content (AvgIpc) is 3.13. The molecule has 1 aromatic heterocycles. The van der Waals surface area contributed by atoms with E-state index in [0.29, 0.717) is 12.8 Å². The van der Waals surface area contributed by atoms with Crippen molar-refractivity contribution in [2.45, 2.75) is 38.8 Å². The third kappa shape index (κ3) is 3.13. The van der Waals surface area contributed by atoms with Crippen molar-refractivity contribution >= 4 is 17.5 Å². The van der Waals surface area contributed by atoms with Crippen LogP contribution >= 0.6 is 0 Å². The molecule has 2 heterocycles. The number of amides is 2. The molecule has 0 bridgehead atoms. The average molecular weight is 312 g/mol. The van der Waals surface area contributed by atoms with E-state index in [9.17, 15) is 9.59 Å². The van der Waals surface area contributed by atoms with Crippen LogP contribution in [0.3, 0.4) is 0 Å². The second-order valence-corrected chi connectivity index (χ2v) is 5.93. The minimum atomic E-state index is -0.482. The Morgan fingerprint density at radius 3 is 2.78 bits per heavy atom. The molecule has 2 amide bonds. The van der Waals surface area contributed by atoms with Gasteiger partial charge in [-0.25, -0.2) is 0 Å². The molecule has 3 rings (SSSR count). The number of nitrogens with one attached hydrogen (secondary N) is 1. The number of carbonyl (C=O) groups excluding carboxylic acids is 2. The molecule has 2 atom stereocenters. The van der Waals surface area contributed by atoms with E-state index in [1.54, 1.807) is 11.2 Å². The Morgan fingerprint density at radius 1 is 1.30 bits per heavy atom. The van der Waals surface area contributed by atoms with Crippen molar-refractivity contribution in [2.24, 2.45) is 0 Å². The summed E-state index contributed by atoms with van der Waals surface area (Å²) in [6.07, 6.45) is 2.79. The zero-order valence-corrected chi connectivity index (χ0v) is 13.3. The highest BCUT2D eigenvalue weighted by Crippen LogP contribution is 2.32. The molecule has 0 radical (unpaired) electrons. The van der Waals surface area contributed by atoms with E-state index in [1.807, 2.05) is 43.3 Å². The van der Waals surface area contributed by atoms with E-state index in [2.05, 4.69) is 5.32 Å². The third-order valence-electron chi connectivity index (χ3n) is 4.09. The molecule has 0 aliphatic carbocycles. The highest BCUT2D eigenvalue weighted by atomic mass is 16.3. The first kappa shape index (κ1) is 15.3. The van der Waals surface area contributed by atoms with Gasteiger partial charge in [-0.2, -0.15) is 0 Å². The van der Waals surface area contributed by atoms with E-state index in [0.717, 1.165) is 17.0 Å². The number of fused-ring (bicyclic) bond motifs is 1. The topological polar surface area (TPSA) is 62.6 Å². The summed E-state index contributed by atoms with van der Waals surface area (Å²) < 4.78 is 5.31. The summed E-state index contributed by atoms with van der Waals surface area (Å²) in [6, 6.07) is 10.8. The van der Waals surface area contributed by atoms with Crippen LogP contribution in [-0.2, 0) is 22.4 Å². The van der Waals surface area contributed by atoms with E-state index in [4.69, 9.17) is 4.42 Å². The molecule has 2 aromatic rings. The van der Waals surface area contributed by atoms with Gasteiger partial charge in [0.2, 0.25) is 11.8 Å². The summed E-state index contributed by atoms with van der Waals surface area (Å²) in [7, 11) is 0. The molecule has 120 valence electrons. The molecule has 0 saturated heterocycles. The molecule has 5 nitrogen and oxygen atoms in total. The largest absolute Gasteiger partial charge is 0.469 e. The number of benzene rings is 1. The lowest BCUT2D eigenvalue weighted by atomic mass is 10.1. The van der Waals surface area contributed by atoms with Crippen LogP contribution in [0.5, 0.6) is 0 Å². The predicted molar refractivity (Wildman–Crippen MR) is 87.1 cm³/mol. The van der Waals surface area contributed by atoms with Crippen LogP contribution < -0.4 is 10.2 Å². The Balaban J connectivity index is 1.71. The van der Waals surface area contributed by atoms with Gasteiger partial charge in [0.25, 0.3) is 0 Å². The molecule has 1 aliphatic heterocycles. The zero-order chi connectivity index (χ0) is 16.4. The quantitative estimate of drug-likeness (QED) is 0.942. The maximum absolute atomic E-state index is 12.6. The fourth-order valence-electron chi connectivity index (χ4n) is 3.11. The van der Waals surface area contributed by atoms with Crippen LogP contribution in [0.2, 0.25) is 0 Å². The van der Waals surface area contributed by atoms with E-state index >= 15 is 0 Å². The van der Waals surface area contributed by atoms with Crippen molar-refractivity contribution in [3.05, 3.63) is 54.0 Å². The molecular weight excluding hydrogens is 292 g/mol. The number of para-hydroxylation sites is 1. The van der Waals surface area contributed by atoms with Crippen LogP contribution in [0, 0.1) is 0 Å². The summed E-state index contributed by atoms with van der Waals surface area (Å²) in [6.45, 7) is 3.43. The summed E-state index contributed by atoms with van der Waals surface area (Å²) in [5.41, 5.74) is 1.86. The van der Waals surface area contributed by atoms with Crippen molar-refractivity contribution in [1.82, 2.24) is 5.32 Å². The highest BCUT2D eigenvalue weighted by molar-refractivity contribution is 6.02. The first-order valence-electron chi connectivity index (χ1n) is 7.76. The van der Waals surface area contributed by atoms with Crippen molar-refractivity contribution in [3.63, 3.8) is 0 Å². The Morgan fingerprint density at radius 2 is 2.09 bits per heavy atom. The maximum atomic E-state index is 12.6. The van der Waals surface area contributed by atoms with Crippen molar-refractivity contribution in [2.75, 3.05) is 4.90 Å². The van der Waals surface area contributed by atoms with Gasteiger partial charge in [-0.05, 0) is 30.7 Å². The molecule has 2 unspecified atom stereocenters. The number of rotatable bonds is 4. The lowest BCUT2D eigenvalue weighted by Crippen LogP contribution is -2.49. The lowest BCUT2D eigenvalue weighted by Gasteiger charge is -2.25. The number of nitrogens with zero attached hydrogens (tertiary/aromatic N) is 1. The SMILES string of the molecule is CC(=O)N1c2ccccc2CC1C(=O)NC(C)Cc1ccco1. The van der Waals surface area contributed by atoms with Gasteiger partial charge in [-0.1, -0.05) is 18.2 Å². The van der Waals surface area contributed by atoms with Crippen molar-refractivity contribution in [3.8, 4) is 0 Å². The second-order valence-electron chi connectivity index (χ2n) is 5.93. The lowest BCUT2D eigenvalue weighted by molar-refractivity contribution is -0.126. The van der Waals surface area contributed by atoms with Crippen LogP contribution in [-0.4, -0.2) is 23.9 Å². The summed E-state index contributed by atoms with van der Waals surface area (Å²) in [4.78, 5) is 26.2. The first-order chi connectivity index (χ1) is 11.1. The Labute approximate surface area is 135 Å². The highest BCUT2D eigenvalue weighted by Gasteiger charge is 2.36. The maximum Gasteiger partial charge on any atom is 0.243 e. The van der Waals surface area contributed by atoms with Crippen molar-refractivity contribution < 1.29 is 14.0 Å². The molecule has 1 aromatic carbocycles. The predicted octanol–water partition coefficient (Wildman–Crippen LogP) is 2.30.